The number of nitrogens with one attached hydrogen (secondary N) is 1. The zero-order valence-corrected chi connectivity index (χ0v) is 11.5. The second kappa shape index (κ2) is 6.16. The Morgan fingerprint density at radius 3 is 2.79 bits per heavy atom. The Labute approximate surface area is 116 Å². The maximum Gasteiger partial charge on any atom is 0.217 e. The van der Waals surface area contributed by atoms with Gasteiger partial charge in [-0.3, -0.25) is 4.79 Å². The van der Waals surface area contributed by atoms with E-state index in [9.17, 15) is 9.90 Å². The molecular formula is C12H17ClN4O2. The van der Waals surface area contributed by atoms with Gasteiger partial charge < -0.3 is 15.3 Å². The first-order chi connectivity index (χ1) is 9.11. The van der Waals surface area contributed by atoms with Crippen LogP contribution >= 0.6 is 11.6 Å². The third-order valence-corrected chi connectivity index (χ3v) is 3.56. The van der Waals surface area contributed by atoms with Crippen molar-refractivity contribution in [2.24, 2.45) is 0 Å². The van der Waals surface area contributed by atoms with Gasteiger partial charge in [-0.25, -0.2) is 9.97 Å². The first-order valence-corrected chi connectivity index (χ1v) is 6.62. The van der Waals surface area contributed by atoms with Crippen LogP contribution in [0.15, 0.2) is 6.33 Å². The molecule has 6 nitrogen and oxygen atoms in total. The standard InChI is InChI=1S/C12H17ClN4O2/c1-8(19)16-9-2-4-17(5-3-9)12-10(6-18)11(13)14-7-15-12/h7,9,18H,2-6H2,1H3,(H,16,19). The fraction of sp³-hybridized carbons (Fsp3) is 0.583. The number of carbonyl (C=O) groups excluding carboxylic acids is 1. The number of carbonyl (C=O) groups is 1. The molecule has 1 aliphatic heterocycles. The number of rotatable bonds is 3. The first kappa shape index (κ1) is 14.0. The molecule has 0 aliphatic carbocycles. The Hall–Kier alpha value is -1.40. The van der Waals surface area contributed by atoms with E-state index in [1.54, 1.807) is 0 Å². The molecular weight excluding hydrogens is 268 g/mol. The molecule has 7 heteroatoms. The summed E-state index contributed by atoms with van der Waals surface area (Å²) >= 11 is 5.95. The number of halogens is 1. The third-order valence-electron chi connectivity index (χ3n) is 3.23. The Balaban J connectivity index is 2.05. The van der Waals surface area contributed by atoms with Gasteiger partial charge in [0.2, 0.25) is 5.91 Å². The molecule has 1 aromatic heterocycles. The average Bonchev–Trinajstić information content (AvgIpc) is 2.38. The van der Waals surface area contributed by atoms with Crippen molar-refractivity contribution in [1.29, 1.82) is 0 Å². The molecule has 0 aromatic carbocycles. The monoisotopic (exact) mass is 284 g/mol. The molecule has 1 saturated heterocycles. The number of aromatic nitrogens is 2. The van der Waals surface area contributed by atoms with E-state index in [0.29, 0.717) is 11.4 Å². The van der Waals surface area contributed by atoms with E-state index in [2.05, 4.69) is 20.2 Å². The minimum absolute atomic E-state index is 0.000391. The van der Waals surface area contributed by atoms with Crippen molar-refractivity contribution in [1.82, 2.24) is 15.3 Å². The number of aliphatic hydroxyl groups excluding tert-OH is 1. The van der Waals surface area contributed by atoms with E-state index in [-0.39, 0.29) is 23.7 Å². The Bertz CT molecular complexity index is 461. The van der Waals surface area contributed by atoms with E-state index >= 15 is 0 Å². The van der Waals surface area contributed by atoms with Crippen molar-refractivity contribution >= 4 is 23.3 Å². The Morgan fingerprint density at radius 1 is 1.53 bits per heavy atom. The second-order valence-corrected chi connectivity index (χ2v) is 4.94. The largest absolute Gasteiger partial charge is 0.391 e. The van der Waals surface area contributed by atoms with Crippen LogP contribution in [0.3, 0.4) is 0 Å². The van der Waals surface area contributed by atoms with Crippen molar-refractivity contribution in [2.45, 2.75) is 32.4 Å². The lowest BCUT2D eigenvalue weighted by molar-refractivity contribution is -0.119. The maximum atomic E-state index is 11.0. The zero-order valence-electron chi connectivity index (χ0n) is 10.8. The van der Waals surface area contributed by atoms with Crippen LogP contribution in [0, 0.1) is 0 Å². The lowest BCUT2D eigenvalue weighted by Crippen LogP contribution is -2.44. The molecule has 0 saturated carbocycles. The first-order valence-electron chi connectivity index (χ1n) is 6.24. The summed E-state index contributed by atoms with van der Waals surface area (Å²) in [6, 6.07) is 0.212. The minimum atomic E-state index is -0.180. The highest BCUT2D eigenvalue weighted by atomic mass is 35.5. The number of piperidine rings is 1. The molecule has 0 radical (unpaired) electrons. The summed E-state index contributed by atoms with van der Waals surface area (Å²) in [7, 11) is 0. The molecule has 0 spiro atoms. The van der Waals surface area contributed by atoms with Gasteiger partial charge in [0.05, 0.1) is 12.2 Å². The highest BCUT2D eigenvalue weighted by Crippen LogP contribution is 2.25. The number of hydrogen-bond donors (Lipinski definition) is 2. The minimum Gasteiger partial charge on any atom is -0.391 e. The van der Waals surface area contributed by atoms with Gasteiger partial charge in [-0.05, 0) is 12.8 Å². The van der Waals surface area contributed by atoms with Gasteiger partial charge in [0.15, 0.2) is 0 Å². The second-order valence-electron chi connectivity index (χ2n) is 4.59. The number of hydrogen-bond acceptors (Lipinski definition) is 5. The van der Waals surface area contributed by atoms with Crippen LogP contribution in [0.1, 0.15) is 25.3 Å². The van der Waals surface area contributed by atoms with Gasteiger partial charge in [-0.1, -0.05) is 11.6 Å². The molecule has 1 aromatic rings. The summed E-state index contributed by atoms with van der Waals surface area (Å²) in [4.78, 5) is 21.2. The van der Waals surface area contributed by atoms with Gasteiger partial charge in [0, 0.05) is 26.1 Å². The topological polar surface area (TPSA) is 78.4 Å². The maximum absolute atomic E-state index is 11.0. The van der Waals surface area contributed by atoms with Crippen LogP contribution in [0.5, 0.6) is 0 Å². The molecule has 2 N–H and O–H groups in total. The van der Waals surface area contributed by atoms with Crippen LogP contribution in [0.4, 0.5) is 5.82 Å². The highest BCUT2D eigenvalue weighted by Gasteiger charge is 2.23. The quantitative estimate of drug-likeness (QED) is 0.800. The van der Waals surface area contributed by atoms with E-state index in [1.807, 2.05) is 0 Å². The lowest BCUT2D eigenvalue weighted by atomic mass is 10.0. The molecule has 104 valence electrons. The molecule has 0 bridgehead atoms. The highest BCUT2D eigenvalue weighted by molar-refractivity contribution is 6.30. The third kappa shape index (κ3) is 3.33. The van der Waals surface area contributed by atoms with Crippen molar-refractivity contribution in [3.63, 3.8) is 0 Å². The van der Waals surface area contributed by atoms with Crippen molar-refractivity contribution in [3.8, 4) is 0 Å². The Kier molecular flexibility index (Phi) is 4.55. The molecule has 1 aliphatic rings. The van der Waals surface area contributed by atoms with Crippen LogP contribution < -0.4 is 10.2 Å². The van der Waals surface area contributed by atoms with Gasteiger partial charge in [0.25, 0.3) is 0 Å². The van der Waals surface area contributed by atoms with Crippen molar-refractivity contribution in [2.75, 3.05) is 18.0 Å². The van der Waals surface area contributed by atoms with Gasteiger partial charge >= 0.3 is 0 Å². The van der Waals surface area contributed by atoms with Gasteiger partial charge in [0.1, 0.15) is 17.3 Å². The molecule has 2 rings (SSSR count). The number of nitrogens with zero attached hydrogens (tertiary/aromatic N) is 3. The Morgan fingerprint density at radius 2 is 2.21 bits per heavy atom. The summed E-state index contributed by atoms with van der Waals surface area (Å²) in [6.45, 7) is 2.89. The molecule has 19 heavy (non-hydrogen) atoms. The van der Waals surface area contributed by atoms with Crippen molar-refractivity contribution < 1.29 is 9.90 Å². The fourth-order valence-electron chi connectivity index (χ4n) is 2.31. The van der Waals surface area contributed by atoms with Crippen molar-refractivity contribution in [3.05, 3.63) is 17.0 Å². The number of aliphatic hydroxyl groups is 1. The summed E-state index contributed by atoms with van der Waals surface area (Å²) < 4.78 is 0. The predicted octanol–water partition coefficient (Wildman–Crippen LogP) is 0.727. The van der Waals surface area contributed by atoms with Crippen LogP contribution in [-0.2, 0) is 11.4 Å². The van der Waals surface area contributed by atoms with E-state index < -0.39 is 0 Å². The lowest BCUT2D eigenvalue weighted by Gasteiger charge is -2.33. The average molecular weight is 285 g/mol. The van der Waals surface area contributed by atoms with Gasteiger partial charge in [-0.15, -0.1) is 0 Å². The zero-order chi connectivity index (χ0) is 13.8. The number of anilines is 1. The fourth-order valence-corrected chi connectivity index (χ4v) is 2.50. The molecule has 0 unspecified atom stereocenters. The molecule has 2 heterocycles. The molecule has 1 amide bonds. The normalized spacial score (nSPS) is 16.5. The van der Waals surface area contributed by atoms with Crippen LogP contribution in [0.2, 0.25) is 5.15 Å². The predicted molar refractivity (Wildman–Crippen MR) is 72.0 cm³/mol. The summed E-state index contributed by atoms with van der Waals surface area (Å²) in [5, 5.41) is 12.6. The smallest absolute Gasteiger partial charge is 0.217 e. The van der Waals surface area contributed by atoms with E-state index in [1.165, 1.54) is 13.3 Å². The summed E-state index contributed by atoms with van der Waals surface area (Å²) in [5.74, 6) is 0.684. The van der Waals surface area contributed by atoms with E-state index in [4.69, 9.17) is 11.6 Å². The van der Waals surface area contributed by atoms with Crippen LogP contribution in [0.25, 0.3) is 0 Å². The van der Waals surface area contributed by atoms with E-state index in [0.717, 1.165) is 25.9 Å². The number of amides is 1. The molecule has 0 atom stereocenters. The van der Waals surface area contributed by atoms with Gasteiger partial charge in [-0.2, -0.15) is 0 Å². The van der Waals surface area contributed by atoms with Crippen LogP contribution in [-0.4, -0.2) is 40.1 Å². The summed E-state index contributed by atoms with van der Waals surface area (Å²) in [5.41, 5.74) is 0.558. The molecule has 1 fully saturated rings. The summed E-state index contributed by atoms with van der Waals surface area (Å²) in [6.07, 6.45) is 3.11. The SMILES string of the molecule is CC(=O)NC1CCN(c2ncnc(Cl)c2CO)CC1.